The van der Waals surface area contributed by atoms with Crippen LogP contribution < -0.4 is 0 Å². The largest absolute Gasteiger partial charge is 0.299 e. The highest BCUT2D eigenvalue weighted by Crippen LogP contribution is 2.11. The predicted octanol–water partition coefficient (Wildman–Crippen LogP) is 3.50. The van der Waals surface area contributed by atoms with Crippen LogP contribution >= 0.6 is 11.6 Å². The Morgan fingerprint density at radius 3 is 2.47 bits per heavy atom. The monoisotopic (exact) mass is 253 g/mol. The zero-order chi connectivity index (χ0) is 12.8. The molecule has 0 radical (unpaired) electrons. The molecule has 17 heavy (non-hydrogen) atoms. The topological polar surface area (TPSA) is 20.3 Å². The summed E-state index contributed by atoms with van der Waals surface area (Å²) in [6, 6.07) is 7.07. The molecule has 1 atom stereocenters. The van der Waals surface area contributed by atoms with Gasteiger partial charge < -0.3 is 0 Å². The molecule has 0 amide bonds. The van der Waals surface area contributed by atoms with E-state index in [0.717, 1.165) is 18.5 Å². The minimum Gasteiger partial charge on any atom is -0.299 e. The van der Waals surface area contributed by atoms with Gasteiger partial charge in [-0.15, -0.1) is 0 Å². The van der Waals surface area contributed by atoms with Crippen LogP contribution in [0.4, 0.5) is 0 Å². The summed E-state index contributed by atoms with van der Waals surface area (Å²) in [5.41, 5.74) is 0.727. The zero-order valence-corrected chi connectivity index (χ0v) is 11.5. The number of hydrogen-bond acceptors (Lipinski definition) is 2. The van der Waals surface area contributed by atoms with E-state index in [2.05, 4.69) is 18.7 Å². The number of hydrogen-bond donors (Lipinski definition) is 0. The second-order valence-corrected chi connectivity index (χ2v) is 5.08. The van der Waals surface area contributed by atoms with Gasteiger partial charge in [-0.1, -0.05) is 31.9 Å². The van der Waals surface area contributed by atoms with Crippen LogP contribution in [0.1, 0.15) is 30.6 Å². The predicted molar refractivity (Wildman–Crippen MR) is 72.7 cm³/mol. The fourth-order valence-corrected chi connectivity index (χ4v) is 1.82. The molecule has 2 nitrogen and oxygen atoms in total. The van der Waals surface area contributed by atoms with Crippen LogP contribution in [0.5, 0.6) is 0 Å². The summed E-state index contributed by atoms with van der Waals surface area (Å²) in [5.74, 6) is 0.769. The lowest BCUT2D eigenvalue weighted by Crippen LogP contribution is -2.29. The van der Waals surface area contributed by atoms with Crippen molar-refractivity contribution in [3.05, 3.63) is 34.9 Å². The summed E-state index contributed by atoms with van der Waals surface area (Å²) in [6.07, 6.45) is 1.14. The average Bonchev–Trinajstić information content (AvgIpc) is 2.29. The Morgan fingerprint density at radius 2 is 1.94 bits per heavy atom. The van der Waals surface area contributed by atoms with Crippen LogP contribution in [-0.2, 0) is 0 Å². The molecule has 94 valence electrons. The number of ketones is 1. The van der Waals surface area contributed by atoms with Crippen LogP contribution in [-0.4, -0.2) is 30.8 Å². The number of likely N-dealkylation sites (N-methyl/N-ethyl adjacent to an activating group) is 1. The average molecular weight is 254 g/mol. The zero-order valence-electron chi connectivity index (χ0n) is 10.7. The van der Waals surface area contributed by atoms with Gasteiger partial charge in [-0.25, -0.2) is 0 Å². The van der Waals surface area contributed by atoms with Crippen LogP contribution in [0, 0.1) is 5.92 Å². The Balaban J connectivity index is 2.51. The van der Waals surface area contributed by atoms with Crippen LogP contribution in [0.3, 0.4) is 0 Å². The molecular formula is C14H20ClNO. The number of halogens is 1. The smallest absolute Gasteiger partial charge is 0.176 e. The van der Waals surface area contributed by atoms with E-state index in [4.69, 9.17) is 11.6 Å². The van der Waals surface area contributed by atoms with Crippen molar-refractivity contribution >= 4 is 17.4 Å². The lowest BCUT2D eigenvalue weighted by atomic mass is 10.1. The van der Waals surface area contributed by atoms with E-state index in [1.54, 1.807) is 24.3 Å². The fraction of sp³-hybridized carbons (Fsp3) is 0.500. The summed E-state index contributed by atoms with van der Waals surface area (Å²) < 4.78 is 0. The highest BCUT2D eigenvalue weighted by molar-refractivity contribution is 6.30. The lowest BCUT2D eigenvalue weighted by Gasteiger charge is -2.19. The van der Waals surface area contributed by atoms with E-state index in [1.807, 2.05) is 7.05 Å². The van der Waals surface area contributed by atoms with Gasteiger partial charge in [-0.05, 0) is 37.2 Å². The van der Waals surface area contributed by atoms with E-state index in [0.29, 0.717) is 17.5 Å². The molecular weight excluding hydrogens is 234 g/mol. The van der Waals surface area contributed by atoms with Crippen molar-refractivity contribution in [2.75, 3.05) is 20.1 Å². The molecule has 0 fully saturated rings. The van der Waals surface area contributed by atoms with Crippen molar-refractivity contribution in [2.24, 2.45) is 5.92 Å². The van der Waals surface area contributed by atoms with Crippen molar-refractivity contribution in [3.63, 3.8) is 0 Å². The lowest BCUT2D eigenvalue weighted by molar-refractivity contribution is 0.0939. The first-order valence-corrected chi connectivity index (χ1v) is 6.38. The minimum atomic E-state index is 0.146. The molecule has 0 saturated carbocycles. The standard InChI is InChI=1S/C14H20ClNO/c1-4-11(2)9-16(3)10-14(17)12-5-7-13(15)8-6-12/h5-8,11H,4,9-10H2,1-3H3. The van der Waals surface area contributed by atoms with E-state index in [1.165, 1.54) is 0 Å². The van der Waals surface area contributed by atoms with Crippen LogP contribution in [0.25, 0.3) is 0 Å². The second-order valence-electron chi connectivity index (χ2n) is 4.64. The van der Waals surface area contributed by atoms with E-state index < -0.39 is 0 Å². The Hall–Kier alpha value is -0.860. The fourth-order valence-electron chi connectivity index (χ4n) is 1.70. The second kappa shape index (κ2) is 6.77. The van der Waals surface area contributed by atoms with E-state index in [-0.39, 0.29) is 5.78 Å². The number of carbonyl (C=O) groups excluding carboxylic acids is 1. The molecule has 0 N–H and O–H groups in total. The molecule has 0 aromatic heterocycles. The number of benzene rings is 1. The third kappa shape index (κ3) is 4.88. The van der Waals surface area contributed by atoms with Crippen LogP contribution in [0.2, 0.25) is 5.02 Å². The van der Waals surface area contributed by atoms with Crippen molar-refractivity contribution in [1.29, 1.82) is 0 Å². The molecule has 0 aliphatic rings. The van der Waals surface area contributed by atoms with Gasteiger partial charge in [-0.3, -0.25) is 9.69 Å². The maximum absolute atomic E-state index is 12.0. The minimum absolute atomic E-state index is 0.146. The Kier molecular flexibility index (Phi) is 5.66. The number of Topliss-reactive ketones (excluding diaryl/α,β-unsaturated/α-hetero) is 1. The molecule has 0 heterocycles. The number of rotatable bonds is 6. The highest BCUT2D eigenvalue weighted by Gasteiger charge is 2.11. The van der Waals surface area contributed by atoms with E-state index >= 15 is 0 Å². The van der Waals surface area contributed by atoms with Gasteiger partial charge in [0.25, 0.3) is 0 Å². The summed E-state index contributed by atoms with van der Waals surface area (Å²) >= 11 is 5.79. The quantitative estimate of drug-likeness (QED) is 0.724. The van der Waals surface area contributed by atoms with Gasteiger partial charge in [0.2, 0.25) is 0 Å². The summed E-state index contributed by atoms with van der Waals surface area (Å²) in [7, 11) is 1.99. The maximum Gasteiger partial charge on any atom is 0.176 e. The summed E-state index contributed by atoms with van der Waals surface area (Å²) in [5, 5.41) is 0.662. The molecule has 0 aliphatic carbocycles. The SMILES string of the molecule is CCC(C)CN(C)CC(=O)c1ccc(Cl)cc1. The molecule has 1 unspecified atom stereocenters. The van der Waals surface area contributed by atoms with Crippen molar-refractivity contribution in [1.82, 2.24) is 4.90 Å². The molecule has 0 bridgehead atoms. The first kappa shape index (κ1) is 14.2. The molecule has 1 aromatic rings. The number of nitrogens with zero attached hydrogens (tertiary/aromatic N) is 1. The normalized spacial score (nSPS) is 12.8. The first-order chi connectivity index (χ1) is 8.02. The first-order valence-electron chi connectivity index (χ1n) is 6.00. The highest BCUT2D eigenvalue weighted by atomic mass is 35.5. The van der Waals surface area contributed by atoms with Crippen molar-refractivity contribution in [3.8, 4) is 0 Å². The molecule has 0 aliphatic heterocycles. The van der Waals surface area contributed by atoms with Crippen molar-refractivity contribution < 1.29 is 4.79 Å². The molecule has 3 heteroatoms. The molecule has 0 spiro atoms. The Bertz CT molecular complexity index is 361. The molecule has 0 saturated heterocycles. The Labute approximate surface area is 109 Å². The molecule has 1 aromatic carbocycles. The number of carbonyl (C=O) groups is 1. The van der Waals surface area contributed by atoms with Gasteiger partial charge in [0, 0.05) is 17.1 Å². The third-order valence-corrected chi connectivity index (χ3v) is 3.15. The van der Waals surface area contributed by atoms with Crippen molar-refractivity contribution in [2.45, 2.75) is 20.3 Å². The summed E-state index contributed by atoms with van der Waals surface area (Å²) in [6.45, 7) is 5.78. The van der Waals surface area contributed by atoms with Gasteiger partial charge in [-0.2, -0.15) is 0 Å². The third-order valence-electron chi connectivity index (χ3n) is 2.90. The Morgan fingerprint density at radius 1 is 1.35 bits per heavy atom. The molecule has 1 rings (SSSR count). The maximum atomic E-state index is 12.0. The van der Waals surface area contributed by atoms with Gasteiger partial charge >= 0.3 is 0 Å². The van der Waals surface area contributed by atoms with Crippen LogP contribution in [0.15, 0.2) is 24.3 Å². The van der Waals surface area contributed by atoms with E-state index in [9.17, 15) is 4.79 Å². The van der Waals surface area contributed by atoms with Gasteiger partial charge in [0.05, 0.1) is 6.54 Å². The van der Waals surface area contributed by atoms with Gasteiger partial charge in [0.15, 0.2) is 5.78 Å². The summed E-state index contributed by atoms with van der Waals surface area (Å²) in [4.78, 5) is 14.0. The van der Waals surface area contributed by atoms with Gasteiger partial charge in [0.1, 0.15) is 0 Å².